The summed E-state index contributed by atoms with van der Waals surface area (Å²) in [6.07, 6.45) is 3.25. The van der Waals surface area contributed by atoms with Crippen molar-refractivity contribution < 1.29 is 29.2 Å². The quantitative estimate of drug-likeness (QED) is 0.209. The van der Waals surface area contributed by atoms with Crippen LogP contribution in [-0.4, -0.2) is 62.8 Å². The van der Waals surface area contributed by atoms with Gasteiger partial charge in [0.1, 0.15) is 12.3 Å². The van der Waals surface area contributed by atoms with Crippen LogP contribution in [-0.2, 0) is 20.9 Å². The Kier molecular flexibility index (Phi) is 8.46. The molecule has 3 aliphatic rings. The van der Waals surface area contributed by atoms with Gasteiger partial charge in [0.2, 0.25) is 5.91 Å². The molecule has 1 N–H and O–H groups in total. The minimum absolute atomic E-state index is 0.0511. The van der Waals surface area contributed by atoms with Crippen molar-refractivity contribution in [3.05, 3.63) is 80.4 Å². The van der Waals surface area contributed by atoms with E-state index < -0.39 is 29.0 Å². The first kappa shape index (κ1) is 28.8. The summed E-state index contributed by atoms with van der Waals surface area (Å²) in [5, 5.41) is 21.3. The molecule has 4 atom stereocenters. The number of nitro groups is 1. The number of thioether (sulfide) groups is 1. The molecule has 2 aromatic rings. The van der Waals surface area contributed by atoms with E-state index in [-0.39, 0.29) is 35.7 Å². The van der Waals surface area contributed by atoms with E-state index in [2.05, 4.69) is 0 Å². The number of likely N-dealkylation sites (tertiary alicyclic amines) is 1. The van der Waals surface area contributed by atoms with Crippen molar-refractivity contribution in [2.24, 2.45) is 11.8 Å². The van der Waals surface area contributed by atoms with Gasteiger partial charge in [-0.15, -0.1) is 0 Å². The second-order valence-corrected chi connectivity index (χ2v) is 11.9. The summed E-state index contributed by atoms with van der Waals surface area (Å²) in [5.74, 6) is -2.02. The Labute approximate surface area is 242 Å². The number of hydrogen-bond acceptors (Lipinski definition) is 8. The third kappa shape index (κ3) is 5.60. The van der Waals surface area contributed by atoms with Gasteiger partial charge >= 0.3 is 5.97 Å². The Bertz CT molecular complexity index is 1380. The summed E-state index contributed by atoms with van der Waals surface area (Å²) in [6, 6.07) is 12.6. The number of rotatable bonds is 8. The second kappa shape index (κ2) is 12.0. The van der Waals surface area contributed by atoms with E-state index in [4.69, 9.17) is 4.74 Å². The topological polar surface area (TPSA) is 130 Å². The molecule has 0 saturated carbocycles. The molecule has 41 heavy (non-hydrogen) atoms. The van der Waals surface area contributed by atoms with Crippen LogP contribution in [0.4, 0.5) is 5.69 Å². The lowest BCUT2D eigenvalue weighted by Gasteiger charge is -2.46. The number of nitro benzene ring substituents is 1. The van der Waals surface area contributed by atoms with Crippen molar-refractivity contribution in [3.8, 4) is 0 Å². The molecule has 0 radical (unpaired) electrons. The highest BCUT2D eigenvalue weighted by Gasteiger charge is 2.60. The number of nitrogens with zero attached hydrogens (tertiary/aromatic N) is 3. The van der Waals surface area contributed by atoms with Crippen LogP contribution in [0, 0.1) is 22.0 Å². The summed E-state index contributed by atoms with van der Waals surface area (Å²) in [5.41, 5.74) is 1.16. The molecule has 10 nitrogen and oxygen atoms in total. The van der Waals surface area contributed by atoms with Crippen molar-refractivity contribution in [3.63, 3.8) is 0 Å². The predicted molar refractivity (Wildman–Crippen MR) is 152 cm³/mol. The van der Waals surface area contributed by atoms with Crippen LogP contribution < -0.4 is 0 Å². The molecule has 2 aromatic carbocycles. The Morgan fingerprint density at radius 3 is 2.39 bits per heavy atom. The lowest BCUT2D eigenvalue weighted by atomic mass is 9.79. The first-order valence-electron chi connectivity index (χ1n) is 13.9. The minimum Gasteiger partial charge on any atom is -0.456 e. The van der Waals surface area contributed by atoms with Crippen molar-refractivity contribution >= 4 is 35.2 Å². The highest BCUT2D eigenvalue weighted by Crippen LogP contribution is 2.52. The number of amides is 2. The first-order chi connectivity index (χ1) is 19.7. The third-order valence-electron chi connectivity index (χ3n) is 8.05. The number of esters is 1. The second-order valence-electron chi connectivity index (χ2n) is 10.8. The van der Waals surface area contributed by atoms with Gasteiger partial charge in [0.25, 0.3) is 11.6 Å². The molecule has 2 saturated heterocycles. The summed E-state index contributed by atoms with van der Waals surface area (Å²) >= 11 is 1.29. The SMILES string of the molecule is CC(O)C1C(=O)N2C(C(=O)OCc3ccc([N+](=O)[O-])cc3)=C(Sc3ccccc3C(=O)N3CCCCCC3)C(C)[C@H]12. The molecule has 0 spiro atoms. The smallest absolute Gasteiger partial charge is 0.356 e. The van der Waals surface area contributed by atoms with Gasteiger partial charge in [-0.3, -0.25) is 19.7 Å². The summed E-state index contributed by atoms with van der Waals surface area (Å²) in [6.45, 7) is 4.76. The number of carbonyl (C=O) groups is 3. The number of benzene rings is 2. The van der Waals surface area contributed by atoms with Gasteiger partial charge in [-0.05, 0) is 49.6 Å². The largest absolute Gasteiger partial charge is 0.456 e. The molecule has 2 fully saturated rings. The molecule has 2 amide bonds. The molecule has 0 aromatic heterocycles. The Hall–Kier alpha value is -3.70. The van der Waals surface area contributed by atoms with E-state index in [1.807, 2.05) is 30.0 Å². The zero-order chi connectivity index (χ0) is 29.3. The third-order valence-corrected chi connectivity index (χ3v) is 9.41. The minimum atomic E-state index is -0.884. The Balaban J connectivity index is 1.44. The molecule has 3 heterocycles. The van der Waals surface area contributed by atoms with Crippen LogP contribution in [0.5, 0.6) is 0 Å². The van der Waals surface area contributed by atoms with E-state index in [1.54, 1.807) is 13.0 Å². The van der Waals surface area contributed by atoms with Gasteiger partial charge in [-0.2, -0.15) is 0 Å². The highest BCUT2D eigenvalue weighted by atomic mass is 32.2. The van der Waals surface area contributed by atoms with Crippen molar-refractivity contribution in [1.29, 1.82) is 0 Å². The summed E-state index contributed by atoms with van der Waals surface area (Å²) in [4.78, 5) is 55.3. The number of hydrogen-bond donors (Lipinski definition) is 1. The van der Waals surface area contributed by atoms with E-state index >= 15 is 0 Å². The number of non-ortho nitro benzene ring substituents is 1. The maximum atomic E-state index is 13.6. The fraction of sp³-hybridized carbons (Fsp3) is 0.433. The van der Waals surface area contributed by atoms with Crippen LogP contribution in [0.3, 0.4) is 0 Å². The van der Waals surface area contributed by atoms with Crippen molar-refractivity contribution in [2.45, 2.75) is 63.2 Å². The standard InChI is InChI=1S/C30H33N3O7S/c1-18-25-24(19(2)34)29(36)32(25)26(30(37)40-17-20-11-13-21(14-12-20)33(38)39)27(18)41-23-10-6-5-9-22(23)28(35)31-15-7-3-4-8-16-31/h5-6,9-14,18-19,24-25,34H,3-4,7-8,15-17H2,1-2H3/t18?,19?,24?,25-/m1/s1. The highest BCUT2D eigenvalue weighted by molar-refractivity contribution is 8.03. The van der Waals surface area contributed by atoms with Crippen LogP contribution in [0.2, 0.25) is 0 Å². The molecular formula is C30H33N3O7S. The molecule has 0 bridgehead atoms. The molecule has 0 aliphatic carbocycles. The van der Waals surface area contributed by atoms with Gasteiger partial charge in [0.05, 0.1) is 28.6 Å². The number of ether oxygens (including phenoxy) is 1. The number of fused-ring (bicyclic) bond motifs is 1. The van der Waals surface area contributed by atoms with Crippen LogP contribution >= 0.6 is 11.8 Å². The number of aliphatic hydroxyl groups excluding tert-OH is 1. The molecule has 5 rings (SSSR count). The normalized spacial score (nSPS) is 23.0. The zero-order valence-corrected chi connectivity index (χ0v) is 23.8. The zero-order valence-electron chi connectivity index (χ0n) is 23.0. The van der Waals surface area contributed by atoms with Gasteiger partial charge in [0.15, 0.2) is 0 Å². The molecule has 3 aliphatic heterocycles. The van der Waals surface area contributed by atoms with Crippen molar-refractivity contribution in [2.75, 3.05) is 13.1 Å². The van der Waals surface area contributed by atoms with Crippen LogP contribution in [0.25, 0.3) is 0 Å². The fourth-order valence-electron chi connectivity index (χ4n) is 5.87. The van der Waals surface area contributed by atoms with Gasteiger partial charge in [0, 0.05) is 40.9 Å². The Morgan fingerprint density at radius 2 is 1.76 bits per heavy atom. The van der Waals surface area contributed by atoms with Crippen LogP contribution in [0.15, 0.2) is 64.0 Å². The molecule has 216 valence electrons. The van der Waals surface area contributed by atoms with E-state index in [9.17, 15) is 29.6 Å². The average molecular weight is 580 g/mol. The molecule has 3 unspecified atom stereocenters. The molecular weight excluding hydrogens is 546 g/mol. The van der Waals surface area contributed by atoms with E-state index in [1.165, 1.54) is 40.9 Å². The van der Waals surface area contributed by atoms with Gasteiger partial charge < -0.3 is 19.6 Å². The Morgan fingerprint density at radius 1 is 1.10 bits per heavy atom. The summed E-state index contributed by atoms with van der Waals surface area (Å²) in [7, 11) is 0. The van der Waals surface area contributed by atoms with E-state index in [0.717, 1.165) is 25.7 Å². The maximum absolute atomic E-state index is 13.6. The predicted octanol–water partition coefficient (Wildman–Crippen LogP) is 4.52. The van der Waals surface area contributed by atoms with Gasteiger partial charge in [-0.1, -0.05) is 43.7 Å². The lowest BCUT2D eigenvalue weighted by Crippen LogP contribution is -2.63. The lowest BCUT2D eigenvalue weighted by molar-refractivity contribution is -0.384. The fourth-order valence-corrected chi connectivity index (χ4v) is 7.13. The van der Waals surface area contributed by atoms with Crippen molar-refractivity contribution in [1.82, 2.24) is 9.80 Å². The molecule has 11 heteroatoms. The number of aliphatic hydroxyl groups is 1. The number of carbonyl (C=O) groups excluding carboxylic acids is 3. The van der Waals surface area contributed by atoms with E-state index in [0.29, 0.717) is 34.0 Å². The van der Waals surface area contributed by atoms with Crippen LogP contribution in [0.1, 0.15) is 55.5 Å². The van der Waals surface area contributed by atoms with Gasteiger partial charge in [-0.25, -0.2) is 4.79 Å². The average Bonchev–Trinajstić information content (AvgIpc) is 3.12. The first-order valence-corrected chi connectivity index (χ1v) is 14.7. The summed E-state index contributed by atoms with van der Waals surface area (Å²) < 4.78 is 5.60. The number of β-lactam (4-membered cyclic amide) rings is 1. The monoisotopic (exact) mass is 579 g/mol. The maximum Gasteiger partial charge on any atom is 0.356 e.